The van der Waals surface area contributed by atoms with Gasteiger partial charge in [0, 0.05) is 5.56 Å². The number of aliphatic imine (C=N–C) groups is 1. The second-order valence-electron chi connectivity index (χ2n) is 6.60. The maximum absolute atomic E-state index is 12.3. The van der Waals surface area contributed by atoms with Crippen molar-refractivity contribution in [3.63, 3.8) is 0 Å². The second-order valence-corrected chi connectivity index (χ2v) is 7.01. The summed E-state index contributed by atoms with van der Waals surface area (Å²) < 4.78 is 27.0. The fraction of sp³-hybridized carbons (Fsp3) is 0.238. The van der Waals surface area contributed by atoms with Crippen LogP contribution in [0.3, 0.4) is 0 Å². The molecule has 2 aromatic carbocycles. The summed E-state index contributed by atoms with van der Waals surface area (Å²) in [5.41, 5.74) is 1.39. The average molecular weight is 416 g/mol. The summed E-state index contributed by atoms with van der Waals surface area (Å²) in [6, 6.07) is 8.61. The Morgan fingerprint density at radius 3 is 2.72 bits per heavy atom. The smallest absolute Gasteiger partial charge is 0.363 e. The Hall–Kier alpha value is -3.19. The Morgan fingerprint density at radius 2 is 1.97 bits per heavy atom. The predicted molar refractivity (Wildman–Crippen MR) is 107 cm³/mol. The lowest BCUT2D eigenvalue weighted by molar-refractivity contribution is -0.129. The fourth-order valence-corrected chi connectivity index (χ4v) is 3.16. The first-order chi connectivity index (χ1) is 13.9. The molecular formula is C21H18ClNO6. The summed E-state index contributed by atoms with van der Waals surface area (Å²) in [7, 11) is 1.52. The van der Waals surface area contributed by atoms with Gasteiger partial charge in [0.25, 0.3) is 0 Å². The molecule has 2 aliphatic heterocycles. The molecule has 0 aliphatic carbocycles. The van der Waals surface area contributed by atoms with Crippen LogP contribution in [-0.4, -0.2) is 31.9 Å². The minimum absolute atomic E-state index is 0.0655. The van der Waals surface area contributed by atoms with Crippen LogP contribution >= 0.6 is 11.6 Å². The summed E-state index contributed by atoms with van der Waals surface area (Å²) in [6.45, 7) is 3.95. The van der Waals surface area contributed by atoms with Gasteiger partial charge in [0.15, 0.2) is 28.7 Å². The van der Waals surface area contributed by atoms with Gasteiger partial charge in [-0.3, -0.25) is 0 Å². The number of fused-ring (bicyclic) bond motifs is 1. The van der Waals surface area contributed by atoms with E-state index in [4.69, 9.17) is 35.3 Å². The zero-order valence-electron chi connectivity index (χ0n) is 16.0. The van der Waals surface area contributed by atoms with Crippen molar-refractivity contribution in [2.75, 3.05) is 13.9 Å². The minimum Gasteiger partial charge on any atom is -0.493 e. The van der Waals surface area contributed by atoms with Crippen LogP contribution < -0.4 is 18.9 Å². The molecule has 7 nitrogen and oxygen atoms in total. The average Bonchev–Trinajstić information content (AvgIpc) is 3.29. The highest BCUT2D eigenvalue weighted by atomic mass is 35.5. The van der Waals surface area contributed by atoms with Gasteiger partial charge in [-0.1, -0.05) is 11.6 Å². The van der Waals surface area contributed by atoms with Gasteiger partial charge in [-0.25, -0.2) is 9.79 Å². The molecule has 29 heavy (non-hydrogen) atoms. The van der Waals surface area contributed by atoms with Gasteiger partial charge >= 0.3 is 5.97 Å². The molecule has 150 valence electrons. The number of rotatable bonds is 5. The third-order valence-corrected chi connectivity index (χ3v) is 4.43. The summed E-state index contributed by atoms with van der Waals surface area (Å²) in [5, 5.41) is 0.372. The lowest BCUT2D eigenvalue weighted by atomic mass is 10.1. The van der Waals surface area contributed by atoms with E-state index in [0.29, 0.717) is 39.1 Å². The van der Waals surface area contributed by atoms with Crippen molar-refractivity contribution in [1.29, 1.82) is 0 Å². The van der Waals surface area contributed by atoms with Crippen LogP contribution in [0.4, 0.5) is 0 Å². The van der Waals surface area contributed by atoms with Gasteiger partial charge in [0.05, 0.1) is 18.2 Å². The van der Waals surface area contributed by atoms with Gasteiger partial charge in [-0.15, -0.1) is 0 Å². The first-order valence-corrected chi connectivity index (χ1v) is 9.29. The minimum atomic E-state index is -0.560. The third-order valence-electron chi connectivity index (χ3n) is 4.15. The number of carbonyl (C=O) groups is 1. The van der Waals surface area contributed by atoms with E-state index in [1.54, 1.807) is 36.4 Å². The standard InChI is InChI=1S/C21H18ClNO6/c1-11(2)28-19-14(22)6-12(8-18(19)25-3)7-15-21(24)29-20(23-15)13-4-5-16-17(9-13)27-10-26-16/h4-9,11H,10H2,1-3H3/b15-7-. The Kier molecular flexibility index (Phi) is 5.07. The van der Waals surface area contributed by atoms with Crippen molar-refractivity contribution < 1.29 is 28.5 Å². The van der Waals surface area contributed by atoms with Gasteiger partial charge < -0.3 is 23.7 Å². The highest BCUT2D eigenvalue weighted by molar-refractivity contribution is 6.32. The zero-order chi connectivity index (χ0) is 20.5. The summed E-state index contributed by atoms with van der Waals surface area (Å²) >= 11 is 6.35. The molecule has 2 aliphatic rings. The molecule has 0 unspecified atom stereocenters. The normalized spacial score (nSPS) is 16.2. The van der Waals surface area contributed by atoms with Crippen molar-refractivity contribution in [1.82, 2.24) is 0 Å². The molecule has 0 radical (unpaired) electrons. The molecule has 2 aromatic rings. The number of esters is 1. The second kappa shape index (κ2) is 7.67. The molecule has 0 atom stereocenters. The van der Waals surface area contributed by atoms with E-state index < -0.39 is 5.97 Å². The summed E-state index contributed by atoms with van der Waals surface area (Å²) in [4.78, 5) is 16.6. The number of ether oxygens (including phenoxy) is 5. The van der Waals surface area contributed by atoms with Crippen molar-refractivity contribution >= 4 is 29.5 Å². The number of hydrogen-bond donors (Lipinski definition) is 0. The lowest BCUT2D eigenvalue weighted by Crippen LogP contribution is -2.07. The monoisotopic (exact) mass is 415 g/mol. The first kappa shape index (κ1) is 19.1. The molecule has 8 heteroatoms. The number of halogens is 1. The van der Waals surface area contributed by atoms with Gasteiger partial charge in [-0.05, 0) is 55.8 Å². The number of benzene rings is 2. The zero-order valence-corrected chi connectivity index (χ0v) is 16.8. The largest absolute Gasteiger partial charge is 0.493 e. The van der Waals surface area contributed by atoms with E-state index in [9.17, 15) is 4.79 Å². The number of nitrogens with zero attached hydrogens (tertiary/aromatic N) is 1. The Bertz CT molecular complexity index is 1040. The number of cyclic esters (lactones) is 1. The van der Waals surface area contributed by atoms with E-state index in [1.165, 1.54) is 7.11 Å². The van der Waals surface area contributed by atoms with Gasteiger partial charge in [0.1, 0.15) is 0 Å². The van der Waals surface area contributed by atoms with Crippen LogP contribution in [0.2, 0.25) is 5.02 Å². The van der Waals surface area contributed by atoms with Crippen LogP contribution in [-0.2, 0) is 9.53 Å². The lowest BCUT2D eigenvalue weighted by Gasteiger charge is -2.15. The third kappa shape index (κ3) is 3.86. The van der Waals surface area contributed by atoms with Crippen molar-refractivity contribution in [2.45, 2.75) is 20.0 Å². The molecule has 0 N–H and O–H groups in total. The molecule has 0 amide bonds. The Balaban J connectivity index is 1.66. The van der Waals surface area contributed by atoms with Crippen LogP contribution in [0.5, 0.6) is 23.0 Å². The van der Waals surface area contributed by atoms with Crippen LogP contribution in [0.25, 0.3) is 6.08 Å². The van der Waals surface area contributed by atoms with Gasteiger partial charge in [-0.2, -0.15) is 0 Å². The van der Waals surface area contributed by atoms with Crippen LogP contribution in [0, 0.1) is 0 Å². The van der Waals surface area contributed by atoms with E-state index in [-0.39, 0.29) is 24.5 Å². The fourth-order valence-electron chi connectivity index (χ4n) is 2.89. The van der Waals surface area contributed by atoms with Crippen molar-refractivity contribution in [3.8, 4) is 23.0 Å². The molecule has 2 heterocycles. The van der Waals surface area contributed by atoms with Crippen LogP contribution in [0.1, 0.15) is 25.0 Å². The van der Waals surface area contributed by atoms with Crippen LogP contribution in [0.15, 0.2) is 41.0 Å². The van der Waals surface area contributed by atoms with E-state index in [1.807, 2.05) is 13.8 Å². The molecule has 0 bridgehead atoms. The number of hydrogen-bond acceptors (Lipinski definition) is 7. The SMILES string of the molecule is COc1cc(/C=C2\N=C(c3ccc4c(c3)OCO4)OC2=O)cc(Cl)c1OC(C)C. The van der Waals surface area contributed by atoms with E-state index in [0.717, 1.165) is 0 Å². The van der Waals surface area contributed by atoms with E-state index >= 15 is 0 Å². The quantitative estimate of drug-likeness (QED) is 0.538. The first-order valence-electron chi connectivity index (χ1n) is 8.91. The highest BCUT2D eigenvalue weighted by Crippen LogP contribution is 2.38. The Labute approximate surface area is 172 Å². The predicted octanol–water partition coefficient (Wildman–Crippen LogP) is 4.21. The molecule has 0 saturated carbocycles. The molecule has 0 saturated heterocycles. The molecular weight excluding hydrogens is 398 g/mol. The molecule has 0 fully saturated rings. The van der Waals surface area contributed by atoms with Crippen molar-refractivity contribution in [2.24, 2.45) is 4.99 Å². The number of carbonyl (C=O) groups excluding carboxylic acids is 1. The summed E-state index contributed by atoms with van der Waals surface area (Å²) in [6.07, 6.45) is 1.51. The maximum Gasteiger partial charge on any atom is 0.363 e. The maximum atomic E-state index is 12.3. The Morgan fingerprint density at radius 1 is 1.17 bits per heavy atom. The molecule has 4 rings (SSSR count). The summed E-state index contributed by atoms with van der Waals surface area (Å²) in [5.74, 6) is 1.76. The van der Waals surface area contributed by atoms with E-state index in [2.05, 4.69) is 4.99 Å². The molecule has 0 aromatic heterocycles. The molecule has 0 spiro atoms. The topological polar surface area (TPSA) is 75.6 Å². The van der Waals surface area contributed by atoms with Gasteiger partial charge in [0.2, 0.25) is 12.7 Å². The number of methoxy groups -OCH3 is 1. The van der Waals surface area contributed by atoms with Crippen molar-refractivity contribution in [3.05, 3.63) is 52.2 Å². The highest BCUT2D eigenvalue weighted by Gasteiger charge is 2.26.